The van der Waals surface area contributed by atoms with Crippen LogP contribution in [0.3, 0.4) is 0 Å². The zero-order chi connectivity index (χ0) is 15.0. The van der Waals surface area contributed by atoms with E-state index in [0.29, 0.717) is 0 Å². The third-order valence-corrected chi connectivity index (χ3v) is 7.87. The summed E-state index contributed by atoms with van der Waals surface area (Å²) in [7, 11) is -5.26. The van der Waals surface area contributed by atoms with E-state index >= 15 is 0 Å². The van der Waals surface area contributed by atoms with Gasteiger partial charge >= 0.3 is 0 Å². The Kier molecular flexibility index (Phi) is 6.49. The first-order valence-corrected chi connectivity index (χ1v) is 9.34. The van der Waals surface area contributed by atoms with Gasteiger partial charge in [0, 0.05) is 0 Å². The van der Waals surface area contributed by atoms with E-state index in [1.54, 1.807) is 0 Å². The van der Waals surface area contributed by atoms with Crippen LogP contribution in [0.25, 0.3) is 0 Å². The molecule has 2 unspecified atom stereocenters. The number of alkyl halides is 6. The van der Waals surface area contributed by atoms with Gasteiger partial charge in [-0.1, -0.05) is 46.4 Å². The monoisotopic (exact) mass is 400 g/mol. The van der Waals surface area contributed by atoms with E-state index in [2.05, 4.69) is 0 Å². The lowest BCUT2D eigenvalue weighted by Gasteiger charge is -2.40. The third kappa shape index (κ3) is 6.51. The van der Waals surface area contributed by atoms with Crippen molar-refractivity contribution in [2.24, 2.45) is 0 Å². The van der Waals surface area contributed by atoms with E-state index in [0.717, 1.165) is 0 Å². The second-order valence-corrected chi connectivity index (χ2v) is 11.6. The summed E-state index contributed by atoms with van der Waals surface area (Å²) < 4.78 is 28.1. The Hall–Kier alpha value is 1.81. The first kappa shape index (κ1) is 19.8. The first-order chi connectivity index (χ1) is 7.57. The van der Waals surface area contributed by atoms with Crippen molar-refractivity contribution in [3.05, 3.63) is 0 Å². The molecule has 0 saturated carbocycles. The van der Waals surface area contributed by atoms with Crippen LogP contribution in [0, 0.1) is 0 Å². The average Bonchev–Trinajstić information content (AvgIpc) is 1.96. The Bertz CT molecular complexity index is 334. The fourth-order valence-electron chi connectivity index (χ4n) is 1.05. The normalized spacial score (nSPS) is 20.0. The molecule has 0 heterocycles. The van der Waals surface area contributed by atoms with Crippen LogP contribution in [0.4, 0.5) is 0 Å². The van der Waals surface area contributed by atoms with Crippen molar-refractivity contribution < 1.29 is 13.3 Å². The molecule has 112 valence electrons. The topological polar surface area (TPSA) is 57.5 Å². The van der Waals surface area contributed by atoms with E-state index in [1.165, 1.54) is 13.8 Å². The Balaban J connectivity index is 5.16. The molecule has 0 aromatic rings. The van der Waals surface area contributed by atoms with Gasteiger partial charge < -0.3 is 9.11 Å². The molecule has 0 aromatic carbocycles. The Morgan fingerprint density at radius 1 is 0.944 bits per heavy atom. The van der Waals surface area contributed by atoms with Crippen LogP contribution in [0.15, 0.2) is 0 Å². The molecule has 0 spiro atoms. The molecule has 0 rings (SSSR count). The zero-order valence-corrected chi connectivity index (χ0v) is 14.9. The van der Waals surface area contributed by atoms with Gasteiger partial charge in [0.05, 0.1) is 31.9 Å². The van der Waals surface area contributed by atoms with E-state index in [4.69, 9.17) is 69.6 Å². The lowest BCUT2D eigenvalue weighted by molar-refractivity contribution is 0.383. The van der Waals surface area contributed by atoms with Crippen LogP contribution in [-0.2, 0) is 9.63 Å². The van der Waals surface area contributed by atoms with Gasteiger partial charge in [0.25, 0.3) is 0 Å². The highest BCUT2D eigenvalue weighted by Crippen LogP contribution is 2.41. The van der Waals surface area contributed by atoms with Crippen LogP contribution in [0.2, 0.25) is 0 Å². The van der Waals surface area contributed by atoms with Crippen LogP contribution in [0.1, 0.15) is 13.8 Å². The van der Waals surface area contributed by atoms with Gasteiger partial charge in [0.2, 0.25) is 0 Å². The third-order valence-electron chi connectivity index (χ3n) is 2.13. The largest absolute Gasteiger partial charge is 0.307 e. The molecule has 0 aliphatic carbocycles. The van der Waals surface area contributed by atoms with E-state index in [1.807, 2.05) is 0 Å². The van der Waals surface area contributed by atoms with Gasteiger partial charge in [-0.15, -0.1) is 23.2 Å². The number of halogens is 6. The average molecular weight is 403 g/mol. The Morgan fingerprint density at radius 3 is 1.33 bits per heavy atom. The molecule has 0 aliphatic rings. The smallest absolute Gasteiger partial charge is 0.148 e. The molecule has 10 heteroatoms. The van der Waals surface area contributed by atoms with E-state index in [-0.39, 0.29) is 0 Å². The van der Waals surface area contributed by atoms with Crippen LogP contribution in [0.5, 0.6) is 0 Å². The van der Waals surface area contributed by atoms with Crippen LogP contribution >= 0.6 is 69.6 Å². The summed E-state index contributed by atoms with van der Waals surface area (Å²) in [5.74, 6) is -1.77. The van der Waals surface area contributed by atoms with Crippen molar-refractivity contribution in [1.82, 2.24) is 0 Å². The highest BCUT2D eigenvalue weighted by Gasteiger charge is 2.49. The van der Waals surface area contributed by atoms with Gasteiger partial charge in [0.1, 0.15) is 8.67 Å². The lowest BCUT2D eigenvalue weighted by Crippen LogP contribution is -2.53. The van der Waals surface area contributed by atoms with Gasteiger partial charge in [-0.25, -0.2) is 4.21 Å². The summed E-state index contributed by atoms with van der Waals surface area (Å²) in [6, 6.07) is 0. The number of rotatable bonds is 6. The number of hydrogen-bond acceptors (Lipinski definition) is 1. The standard InChI is InChI=1S/C8H14Cl6O3S/c1-5(9)7(11,12)3-18(15,16,17)4-8(13,14)6(2)10/h5-6H,3-4H2,1-2H3,(H2,15,16,17). The van der Waals surface area contributed by atoms with Gasteiger partial charge in [-0.2, -0.15) is 0 Å². The maximum absolute atomic E-state index is 12.1. The van der Waals surface area contributed by atoms with Crippen molar-refractivity contribution in [1.29, 1.82) is 0 Å². The molecule has 0 fully saturated rings. The minimum Gasteiger partial charge on any atom is -0.307 e. The molecule has 0 saturated heterocycles. The SMILES string of the molecule is CC(Cl)C(Cl)(Cl)CS(=O)(O)(O)CC(Cl)(Cl)C(C)Cl. The first-order valence-electron chi connectivity index (χ1n) is 4.74. The number of hydrogen-bond donors (Lipinski definition) is 2. The molecule has 0 radical (unpaired) electrons. The Morgan fingerprint density at radius 2 is 1.17 bits per heavy atom. The molecule has 0 amide bonds. The van der Waals surface area contributed by atoms with Crippen molar-refractivity contribution >= 4 is 79.2 Å². The van der Waals surface area contributed by atoms with Crippen molar-refractivity contribution in [2.75, 3.05) is 11.5 Å². The van der Waals surface area contributed by atoms with Gasteiger partial charge in [-0.05, 0) is 13.8 Å². The zero-order valence-electron chi connectivity index (χ0n) is 9.55. The molecule has 0 aromatic heterocycles. The molecule has 0 bridgehead atoms. The summed E-state index contributed by atoms with van der Waals surface area (Å²) in [5, 5.41) is -1.75. The molecule has 2 atom stereocenters. The molecular weight excluding hydrogens is 389 g/mol. The molecule has 0 aliphatic heterocycles. The van der Waals surface area contributed by atoms with Crippen LogP contribution in [-0.4, -0.2) is 44.2 Å². The van der Waals surface area contributed by atoms with E-state index < -0.39 is 40.6 Å². The molecule has 18 heavy (non-hydrogen) atoms. The fourth-order valence-corrected chi connectivity index (χ4v) is 6.17. The summed E-state index contributed by atoms with van der Waals surface area (Å²) in [5.41, 5.74) is 0. The summed E-state index contributed by atoms with van der Waals surface area (Å²) in [6.07, 6.45) is 0. The van der Waals surface area contributed by atoms with Crippen molar-refractivity contribution in [2.45, 2.75) is 33.3 Å². The molecular formula is C8H14Cl6O3S. The predicted octanol–water partition coefficient (Wildman–Crippen LogP) is 4.35. The highest BCUT2D eigenvalue weighted by atomic mass is 35.5. The van der Waals surface area contributed by atoms with E-state index in [9.17, 15) is 13.3 Å². The predicted molar refractivity (Wildman–Crippen MR) is 82.6 cm³/mol. The van der Waals surface area contributed by atoms with Gasteiger partial charge in [0.15, 0.2) is 0 Å². The maximum Gasteiger partial charge on any atom is 0.148 e. The van der Waals surface area contributed by atoms with Crippen molar-refractivity contribution in [3.63, 3.8) is 0 Å². The quantitative estimate of drug-likeness (QED) is 0.649. The molecule has 2 N–H and O–H groups in total. The Labute approximate surface area is 136 Å². The second kappa shape index (κ2) is 5.90. The fraction of sp³-hybridized carbons (Fsp3) is 1.00. The summed E-state index contributed by atoms with van der Waals surface area (Å²) >= 11 is 34.4. The lowest BCUT2D eigenvalue weighted by atomic mass is 10.3. The summed E-state index contributed by atoms with van der Waals surface area (Å²) in [6.45, 7) is 2.84. The summed E-state index contributed by atoms with van der Waals surface area (Å²) in [4.78, 5) is 0. The highest BCUT2D eigenvalue weighted by molar-refractivity contribution is 8.10. The minimum atomic E-state index is -5.26. The van der Waals surface area contributed by atoms with Crippen molar-refractivity contribution in [3.8, 4) is 0 Å². The molecule has 3 nitrogen and oxygen atoms in total. The maximum atomic E-state index is 12.1. The van der Waals surface area contributed by atoms with Gasteiger partial charge in [-0.3, -0.25) is 0 Å². The minimum absolute atomic E-state index is 0.877. The second-order valence-electron chi connectivity index (χ2n) is 4.23. The van der Waals surface area contributed by atoms with Crippen LogP contribution < -0.4 is 0 Å².